The van der Waals surface area contributed by atoms with Crippen LogP contribution in [0.25, 0.3) is 10.2 Å². The van der Waals surface area contributed by atoms with Crippen molar-refractivity contribution in [1.82, 2.24) is 4.57 Å². The first-order chi connectivity index (χ1) is 14.7. The molecule has 10 heteroatoms. The molecule has 0 radical (unpaired) electrons. The summed E-state index contributed by atoms with van der Waals surface area (Å²) < 4.78 is 32.2. The fourth-order valence-corrected chi connectivity index (χ4v) is 5.63. The Bertz CT molecular complexity index is 1290. The van der Waals surface area contributed by atoms with Gasteiger partial charge in [0, 0.05) is 18.0 Å². The SMILES string of the molecule is CCn1c(=NC(=O)CCCS(=O)(=O)c2ccc(Cl)cc2)sc2cc(C(=O)OC)ccc21. The predicted octanol–water partition coefficient (Wildman–Crippen LogP) is 3.84. The van der Waals surface area contributed by atoms with Gasteiger partial charge in [0.25, 0.3) is 0 Å². The van der Waals surface area contributed by atoms with Gasteiger partial charge in [-0.15, -0.1) is 0 Å². The quantitative estimate of drug-likeness (QED) is 0.479. The summed E-state index contributed by atoms with van der Waals surface area (Å²) in [5.74, 6) is -0.985. The molecule has 164 valence electrons. The van der Waals surface area contributed by atoms with Gasteiger partial charge in [0.2, 0.25) is 5.91 Å². The van der Waals surface area contributed by atoms with Gasteiger partial charge in [0.1, 0.15) is 0 Å². The van der Waals surface area contributed by atoms with E-state index in [1.165, 1.54) is 42.7 Å². The molecule has 2 aromatic carbocycles. The van der Waals surface area contributed by atoms with Crippen molar-refractivity contribution < 1.29 is 22.7 Å². The van der Waals surface area contributed by atoms with Crippen LogP contribution in [-0.4, -0.2) is 37.7 Å². The predicted molar refractivity (Wildman–Crippen MR) is 120 cm³/mol. The molecule has 1 amide bonds. The zero-order chi connectivity index (χ0) is 22.6. The van der Waals surface area contributed by atoms with E-state index < -0.39 is 21.7 Å². The highest BCUT2D eigenvalue weighted by Gasteiger charge is 2.15. The maximum atomic E-state index is 12.4. The summed E-state index contributed by atoms with van der Waals surface area (Å²) in [6.45, 7) is 2.52. The molecule has 0 N–H and O–H groups in total. The first-order valence-corrected chi connectivity index (χ1v) is 12.4. The fourth-order valence-electron chi connectivity index (χ4n) is 3.04. The number of thiazole rings is 1. The average molecular weight is 481 g/mol. The van der Waals surface area contributed by atoms with Crippen LogP contribution < -0.4 is 4.80 Å². The molecule has 0 fully saturated rings. The molecule has 0 unspecified atom stereocenters. The second kappa shape index (κ2) is 9.76. The summed E-state index contributed by atoms with van der Waals surface area (Å²) in [4.78, 5) is 29.0. The van der Waals surface area contributed by atoms with E-state index in [2.05, 4.69) is 4.99 Å². The van der Waals surface area contributed by atoms with Crippen molar-refractivity contribution in [2.75, 3.05) is 12.9 Å². The van der Waals surface area contributed by atoms with Crippen LogP contribution in [0.5, 0.6) is 0 Å². The number of hydrogen-bond acceptors (Lipinski definition) is 6. The number of aromatic nitrogens is 1. The number of esters is 1. The number of carbonyl (C=O) groups excluding carboxylic acids is 2. The summed E-state index contributed by atoms with van der Waals surface area (Å²) >= 11 is 7.09. The Kier molecular flexibility index (Phi) is 7.30. The summed E-state index contributed by atoms with van der Waals surface area (Å²) in [5, 5.41) is 0.458. The van der Waals surface area contributed by atoms with Crippen molar-refractivity contribution in [3.05, 3.63) is 57.9 Å². The van der Waals surface area contributed by atoms with Crippen LogP contribution in [0.3, 0.4) is 0 Å². The Labute approximate surface area is 188 Å². The smallest absolute Gasteiger partial charge is 0.337 e. The summed E-state index contributed by atoms with van der Waals surface area (Å²) in [6, 6.07) is 11.1. The van der Waals surface area contributed by atoms with Crippen LogP contribution >= 0.6 is 22.9 Å². The zero-order valence-electron chi connectivity index (χ0n) is 17.0. The maximum Gasteiger partial charge on any atom is 0.337 e. The Morgan fingerprint density at radius 1 is 1.16 bits per heavy atom. The Balaban J connectivity index is 1.75. The number of ether oxygens (including phenoxy) is 1. The molecule has 3 aromatic rings. The molecule has 0 aliphatic heterocycles. The van der Waals surface area contributed by atoms with E-state index >= 15 is 0 Å². The number of sulfone groups is 1. The number of aryl methyl sites for hydroxylation is 1. The highest BCUT2D eigenvalue weighted by atomic mass is 35.5. The van der Waals surface area contributed by atoms with Gasteiger partial charge in [0.05, 0.1) is 33.5 Å². The summed E-state index contributed by atoms with van der Waals surface area (Å²) in [5.41, 5.74) is 1.28. The van der Waals surface area contributed by atoms with E-state index in [9.17, 15) is 18.0 Å². The van der Waals surface area contributed by atoms with E-state index in [4.69, 9.17) is 16.3 Å². The number of hydrogen-bond donors (Lipinski definition) is 0. The number of rotatable bonds is 7. The zero-order valence-corrected chi connectivity index (χ0v) is 19.4. The van der Waals surface area contributed by atoms with Gasteiger partial charge in [-0.1, -0.05) is 22.9 Å². The Hall–Kier alpha value is -2.49. The van der Waals surface area contributed by atoms with Crippen LogP contribution in [0, 0.1) is 0 Å². The van der Waals surface area contributed by atoms with Crippen molar-refractivity contribution in [2.24, 2.45) is 4.99 Å². The molecule has 0 aliphatic carbocycles. The number of benzene rings is 2. The van der Waals surface area contributed by atoms with E-state index in [1.54, 1.807) is 18.2 Å². The molecule has 0 spiro atoms. The highest BCUT2D eigenvalue weighted by molar-refractivity contribution is 7.91. The van der Waals surface area contributed by atoms with Crippen molar-refractivity contribution in [1.29, 1.82) is 0 Å². The third kappa shape index (κ3) is 5.41. The van der Waals surface area contributed by atoms with Crippen LogP contribution in [0.2, 0.25) is 5.02 Å². The van der Waals surface area contributed by atoms with Crippen LogP contribution in [0.1, 0.15) is 30.1 Å². The fraction of sp³-hybridized carbons (Fsp3) is 0.286. The Morgan fingerprint density at radius 2 is 1.87 bits per heavy atom. The van der Waals surface area contributed by atoms with E-state index in [-0.39, 0.29) is 23.5 Å². The third-order valence-electron chi connectivity index (χ3n) is 4.62. The van der Waals surface area contributed by atoms with Gasteiger partial charge in [-0.05, 0) is 55.8 Å². The lowest BCUT2D eigenvalue weighted by Gasteiger charge is -2.04. The summed E-state index contributed by atoms with van der Waals surface area (Å²) in [6.07, 6.45) is 0.176. The second-order valence-electron chi connectivity index (χ2n) is 6.68. The lowest BCUT2D eigenvalue weighted by molar-refractivity contribution is -0.118. The molecule has 1 aromatic heterocycles. The summed E-state index contributed by atoms with van der Waals surface area (Å²) in [7, 11) is -2.17. The molecule has 7 nitrogen and oxygen atoms in total. The molecule has 31 heavy (non-hydrogen) atoms. The first kappa shape index (κ1) is 23.2. The molecule has 0 saturated carbocycles. The third-order valence-corrected chi connectivity index (χ3v) is 7.73. The molecular weight excluding hydrogens is 460 g/mol. The van der Waals surface area contributed by atoms with E-state index in [1.807, 2.05) is 11.5 Å². The highest BCUT2D eigenvalue weighted by Crippen LogP contribution is 2.20. The number of methoxy groups -OCH3 is 1. The minimum absolute atomic E-state index is 0.0121. The lowest BCUT2D eigenvalue weighted by atomic mass is 10.2. The lowest BCUT2D eigenvalue weighted by Crippen LogP contribution is -2.16. The average Bonchev–Trinajstić information content (AvgIpc) is 3.09. The molecule has 0 bridgehead atoms. The van der Waals surface area contributed by atoms with Crippen molar-refractivity contribution in [3.8, 4) is 0 Å². The number of amides is 1. The monoisotopic (exact) mass is 480 g/mol. The van der Waals surface area contributed by atoms with Gasteiger partial charge in [-0.3, -0.25) is 4.79 Å². The van der Waals surface area contributed by atoms with E-state index in [0.717, 1.165) is 10.2 Å². The van der Waals surface area contributed by atoms with Crippen LogP contribution in [0.15, 0.2) is 52.4 Å². The van der Waals surface area contributed by atoms with Crippen LogP contribution in [-0.2, 0) is 25.9 Å². The van der Waals surface area contributed by atoms with E-state index in [0.29, 0.717) is 21.9 Å². The van der Waals surface area contributed by atoms with Crippen molar-refractivity contribution in [3.63, 3.8) is 0 Å². The van der Waals surface area contributed by atoms with Crippen molar-refractivity contribution >= 4 is 54.9 Å². The van der Waals surface area contributed by atoms with Crippen LogP contribution in [0.4, 0.5) is 0 Å². The Morgan fingerprint density at radius 3 is 2.52 bits per heavy atom. The van der Waals surface area contributed by atoms with Gasteiger partial charge in [-0.2, -0.15) is 4.99 Å². The number of carbonyl (C=O) groups is 2. The molecule has 3 rings (SSSR count). The minimum atomic E-state index is -3.49. The van der Waals surface area contributed by atoms with Gasteiger partial charge in [-0.25, -0.2) is 13.2 Å². The van der Waals surface area contributed by atoms with Crippen molar-refractivity contribution in [2.45, 2.75) is 31.2 Å². The standard InChI is InChI=1S/C21H21ClN2O5S2/c1-3-24-17-11-6-14(20(26)29-2)13-18(17)30-21(24)23-19(25)5-4-12-31(27,28)16-9-7-15(22)8-10-16/h6-11,13H,3-5,12H2,1-2H3. The number of nitrogens with zero attached hydrogens (tertiary/aromatic N) is 2. The first-order valence-electron chi connectivity index (χ1n) is 9.52. The van der Waals surface area contributed by atoms with Gasteiger partial charge >= 0.3 is 5.97 Å². The van der Waals surface area contributed by atoms with Gasteiger partial charge < -0.3 is 9.30 Å². The molecule has 0 aliphatic rings. The largest absolute Gasteiger partial charge is 0.465 e. The molecule has 0 atom stereocenters. The minimum Gasteiger partial charge on any atom is -0.465 e. The topological polar surface area (TPSA) is 94.8 Å². The van der Waals surface area contributed by atoms with Gasteiger partial charge in [0.15, 0.2) is 14.6 Å². The second-order valence-corrected chi connectivity index (χ2v) is 10.2. The molecule has 0 saturated heterocycles. The number of halogens is 1. The maximum absolute atomic E-state index is 12.4. The number of fused-ring (bicyclic) bond motifs is 1. The molecule has 1 heterocycles. The molecular formula is C21H21ClN2O5S2. The normalized spacial score (nSPS) is 12.3.